The molecule has 2 amide bonds. The smallest absolute Gasteiger partial charge is 0.324 e. The predicted molar refractivity (Wildman–Crippen MR) is 94.6 cm³/mol. The van der Waals surface area contributed by atoms with E-state index in [1.807, 2.05) is 4.90 Å². The fourth-order valence-electron chi connectivity index (χ4n) is 3.66. The lowest BCUT2D eigenvalue weighted by molar-refractivity contribution is -0.380. The third-order valence-corrected chi connectivity index (χ3v) is 6.13. The Labute approximate surface area is 150 Å². The van der Waals surface area contributed by atoms with Crippen LogP contribution < -0.4 is 5.32 Å². The van der Waals surface area contributed by atoms with Crippen LogP contribution in [-0.2, 0) is 4.79 Å². The number of amides is 2. The monoisotopic (exact) mass is 365 g/mol. The van der Waals surface area contributed by atoms with E-state index < -0.39 is 4.92 Å². The topological polar surface area (TPSA) is 92.6 Å². The third kappa shape index (κ3) is 4.36. The first-order valence-electron chi connectivity index (χ1n) is 8.88. The molecule has 1 saturated heterocycles. The first-order chi connectivity index (χ1) is 12.0. The van der Waals surface area contributed by atoms with Gasteiger partial charge in [-0.25, -0.2) is 0 Å². The van der Waals surface area contributed by atoms with Gasteiger partial charge < -0.3 is 10.2 Å². The Kier molecular flexibility index (Phi) is 5.67. The van der Waals surface area contributed by atoms with E-state index in [1.54, 1.807) is 0 Å². The molecule has 0 atom stereocenters. The number of piperidine rings is 1. The Hall–Kier alpha value is -1.96. The van der Waals surface area contributed by atoms with E-state index in [1.165, 1.54) is 18.6 Å². The molecule has 0 unspecified atom stereocenters. The van der Waals surface area contributed by atoms with Crippen molar-refractivity contribution in [3.05, 3.63) is 27.1 Å². The van der Waals surface area contributed by atoms with Gasteiger partial charge in [0, 0.05) is 31.1 Å². The molecule has 7 nitrogen and oxygen atoms in total. The van der Waals surface area contributed by atoms with E-state index in [0.29, 0.717) is 18.0 Å². The molecule has 1 aromatic rings. The number of nitro groups is 1. The molecule has 2 heterocycles. The van der Waals surface area contributed by atoms with Gasteiger partial charge in [0.2, 0.25) is 5.91 Å². The van der Waals surface area contributed by atoms with Gasteiger partial charge in [-0.3, -0.25) is 19.7 Å². The fourth-order valence-corrected chi connectivity index (χ4v) is 4.38. The number of nitrogens with one attached hydrogen (secondary N) is 1. The Bertz CT molecular complexity index is 646. The van der Waals surface area contributed by atoms with Crippen molar-refractivity contribution in [1.29, 1.82) is 0 Å². The molecule has 0 bridgehead atoms. The van der Waals surface area contributed by atoms with Crippen LogP contribution in [0.15, 0.2) is 12.1 Å². The van der Waals surface area contributed by atoms with E-state index >= 15 is 0 Å². The van der Waals surface area contributed by atoms with E-state index in [9.17, 15) is 19.7 Å². The van der Waals surface area contributed by atoms with Crippen molar-refractivity contribution in [2.45, 2.75) is 51.0 Å². The van der Waals surface area contributed by atoms with E-state index in [2.05, 4.69) is 5.32 Å². The Balaban J connectivity index is 1.47. The molecule has 25 heavy (non-hydrogen) atoms. The fraction of sp³-hybridized carbons (Fsp3) is 0.647. The van der Waals surface area contributed by atoms with Crippen molar-refractivity contribution in [2.75, 3.05) is 13.1 Å². The summed E-state index contributed by atoms with van der Waals surface area (Å²) in [7, 11) is 0. The molecule has 0 radical (unpaired) electrons. The van der Waals surface area contributed by atoms with Crippen LogP contribution in [-0.4, -0.2) is 40.8 Å². The van der Waals surface area contributed by atoms with Gasteiger partial charge in [0.05, 0.1) is 9.80 Å². The summed E-state index contributed by atoms with van der Waals surface area (Å²) in [4.78, 5) is 37.3. The summed E-state index contributed by atoms with van der Waals surface area (Å²) >= 11 is 0.886. The normalized spacial score (nSPS) is 19.6. The van der Waals surface area contributed by atoms with Gasteiger partial charge in [0.15, 0.2) is 0 Å². The minimum absolute atomic E-state index is 0.0176. The van der Waals surface area contributed by atoms with Gasteiger partial charge in [0.1, 0.15) is 0 Å². The van der Waals surface area contributed by atoms with E-state index in [-0.39, 0.29) is 28.8 Å². The second kappa shape index (κ2) is 7.95. The van der Waals surface area contributed by atoms with Gasteiger partial charge in [-0.1, -0.05) is 30.6 Å². The molecule has 136 valence electrons. The number of hydrogen-bond acceptors (Lipinski definition) is 5. The molecule has 1 saturated carbocycles. The number of carbonyl (C=O) groups is 2. The Morgan fingerprint density at radius 1 is 1.12 bits per heavy atom. The van der Waals surface area contributed by atoms with Crippen molar-refractivity contribution < 1.29 is 14.5 Å². The average Bonchev–Trinajstić information content (AvgIpc) is 3.13. The van der Waals surface area contributed by atoms with Gasteiger partial charge in [-0.15, -0.1) is 0 Å². The van der Waals surface area contributed by atoms with Crippen molar-refractivity contribution in [3.8, 4) is 0 Å². The lowest BCUT2D eigenvalue weighted by Gasteiger charge is -2.35. The Morgan fingerprint density at radius 3 is 2.40 bits per heavy atom. The second-order valence-corrected chi connectivity index (χ2v) is 7.87. The maximum atomic E-state index is 12.5. The van der Waals surface area contributed by atoms with E-state index in [4.69, 9.17) is 0 Å². The highest BCUT2D eigenvalue weighted by Crippen LogP contribution is 2.27. The standard InChI is InChI=1S/C17H23N3O4S/c21-16(14-6-7-15(25-14)20(23)24)18-13-8-10-19(11-9-13)17(22)12-4-2-1-3-5-12/h6-7,12-13H,1-5,8-11H2,(H,18,21). The molecule has 8 heteroatoms. The largest absolute Gasteiger partial charge is 0.348 e. The predicted octanol–water partition coefficient (Wildman–Crippen LogP) is 2.96. The first-order valence-corrected chi connectivity index (χ1v) is 9.70. The van der Waals surface area contributed by atoms with Crippen LogP contribution in [0.3, 0.4) is 0 Å². The summed E-state index contributed by atoms with van der Waals surface area (Å²) in [6.45, 7) is 1.34. The summed E-state index contributed by atoms with van der Waals surface area (Å²) in [5.74, 6) is 0.195. The third-order valence-electron chi connectivity index (χ3n) is 5.09. The zero-order valence-corrected chi connectivity index (χ0v) is 14.9. The lowest BCUT2D eigenvalue weighted by atomic mass is 9.87. The molecule has 1 N–H and O–H groups in total. The van der Waals surface area contributed by atoms with Gasteiger partial charge in [-0.05, 0) is 31.7 Å². The first kappa shape index (κ1) is 17.8. The van der Waals surface area contributed by atoms with Gasteiger partial charge >= 0.3 is 5.00 Å². The highest BCUT2D eigenvalue weighted by molar-refractivity contribution is 7.17. The number of likely N-dealkylation sites (tertiary alicyclic amines) is 1. The number of hydrogen-bond donors (Lipinski definition) is 1. The summed E-state index contributed by atoms with van der Waals surface area (Å²) in [6, 6.07) is 2.86. The van der Waals surface area contributed by atoms with Gasteiger partial charge in [0.25, 0.3) is 5.91 Å². The lowest BCUT2D eigenvalue weighted by Crippen LogP contribution is -2.48. The molecule has 0 aromatic carbocycles. The minimum atomic E-state index is -0.489. The maximum absolute atomic E-state index is 12.5. The summed E-state index contributed by atoms with van der Waals surface area (Å²) in [5, 5.41) is 13.6. The van der Waals surface area contributed by atoms with Crippen LogP contribution in [0.2, 0.25) is 0 Å². The molecular formula is C17H23N3O4S. The van der Waals surface area contributed by atoms with Crippen molar-refractivity contribution in [1.82, 2.24) is 10.2 Å². The number of nitrogens with zero attached hydrogens (tertiary/aromatic N) is 2. The summed E-state index contributed by atoms with van der Waals surface area (Å²) in [6.07, 6.45) is 7.01. The number of rotatable bonds is 4. The Morgan fingerprint density at radius 2 is 1.80 bits per heavy atom. The van der Waals surface area contributed by atoms with Crippen LogP contribution in [0.4, 0.5) is 5.00 Å². The molecule has 3 rings (SSSR count). The van der Waals surface area contributed by atoms with Crippen molar-refractivity contribution in [2.24, 2.45) is 5.92 Å². The van der Waals surface area contributed by atoms with Crippen LogP contribution in [0.5, 0.6) is 0 Å². The zero-order valence-electron chi connectivity index (χ0n) is 14.1. The van der Waals surface area contributed by atoms with Crippen molar-refractivity contribution >= 4 is 28.2 Å². The molecule has 1 aliphatic carbocycles. The zero-order chi connectivity index (χ0) is 17.8. The van der Waals surface area contributed by atoms with Gasteiger partial charge in [-0.2, -0.15) is 0 Å². The van der Waals surface area contributed by atoms with Crippen LogP contribution in [0.1, 0.15) is 54.6 Å². The van der Waals surface area contributed by atoms with Crippen molar-refractivity contribution in [3.63, 3.8) is 0 Å². The van der Waals surface area contributed by atoms with Crippen LogP contribution in [0, 0.1) is 16.0 Å². The molecule has 1 aliphatic heterocycles. The average molecular weight is 365 g/mol. The van der Waals surface area contributed by atoms with Crippen LogP contribution in [0.25, 0.3) is 0 Å². The highest BCUT2D eigenvalue weighted by Gasteiger charge is 2.29. The van der Waals surface area contributed by atoms with Crippen LogP contribution >= 0.6 is 11.3 Å². The molecule has 2 fully saturated rings. The SMILES string of the molecule is O=C(NC1CCN(C(=O)C2CCCCC2)CC1)c1ccc([N+](=O)[O-])s1. The van der Waals surface area contributed by atoms with E-state index in [0.717, 1.165) is 49.9 Å². The number of carbonyl (C=O) groups excluding carboxylic acids is 2. The summed E-state index contributed by atoms with van der Waals surface area (Å²) in [5.41, 5.74) is 0. The summed E-state index contributed by atoms with van der Waals surface area (Å²) < 4.78 is 0. The molecule has 2 aliphatic rings. The maximum Gasteiger partial charge on any atom is 0.324 e. The molecule has 0 spiro atoms. The molecule has 1 aromatic heterocycles. The number of thiophene rings is 1. The highest BCUT2D eigenvalue weighted by atomic mass is 32.1. The second-order valence-electron chi connectivity index (χ2n) is 6.80. The minimum Gasteiger partial charge on any atom is -0.348 e. The quantitative estimate of drug-likeness (QED) is 0.656. The molecular weight excluding hydrogens is 342 g/mol.